The van der Waals surface area contributed by atoms with Crippen LogP contribution in [0.25, 0.3) is 0 Å². The predicted molar refractivity (Wildman–Crippen MR) is 66.5 cm³/mol. The van der Waals surface area contributed by atoms with Crippen molar-refractivity contribution in [2.24, 2.45) is 4.99 Å². The van der Waals surface area contributed by atoms with E-state index >= 15 is 0 Å². The largest absolute Gasteiger partial charge is 0.360 e. The van der Waals surface area contributed by atoms with Crippen LogP contribution in [0, 0.1) is 0 Å². The van der Waals surface area contributed by atoms with E-state index in [9.17, 15) is 0 Å². The van der Waals surface area contributed by atoms with Crippen LogP contribution in [0.1, 0.15) is 32.4 Å². The summed E-state index contributed by atoms with van der Waals surface area (Å²) in [7, 11) is 0. The number of hydrogen-bond donors (Lipinski definition) is 1. The molecule has 1 N–H and O–H groups in total. The van der Waals surface area contributed by atoms with Crippen molar-refractivity contribution in [2.45, 2.75) is 38.8 Å². The fourth-order valence-electron chi connectivity index (χ4n) is 1.55. The van der Waals surface area contributed by atoms with E-state index in [0.29, 0.717) is 6.54 Å². The molecule has 0 amide bonds. The second-order valence-electron chi connectivity index (χ2n) is 4.24. The highest BCUT2D eigenvalue weighted by molar-refractivity contribution is 8.13. The molecule has 0 saturated carbocycles. The Morgan fingerprint density at radius 3 is 3.25 bits per heavy atom. The topological polar surface area (TPSA) is 50.4 Å². The molecule has 1 unspecified atom stereocenters. The average molecular weight is 239 g/mol. The summed E-state index contributed by atoms with van der Waals surface area (Å²) in [5.74, 6) is 1.94. The molecule has 1 fully saturated rings. The Bertz CT molecular complexity index is 363. The van der Waals surface area contributed by atoms with Crippen molar-refractivity contribution in [1.82, 2.24) is 10.5 Å². The second kappa shape index (κ2) is 4.91. The van der Waals surface area contributed by atoms with Gasteiger partial charge < -0.3 is 9.84 Å². The third kappa shape index (κ3) is 2.78. The number of rotatable bonds is 3. The average Bonchev–Trinajstić information content (AvgIpc) is 2.80. The van der Waals surface area contributed by atoms with E-state index in [1.54, 1.807) is 18.0 Å². The van der Waals surface area contributed by atoms with Gasteiger partial charge in [-0.15, -0.1) is 0 Å². The Hall–Kier alpha value is -0.970. The van der Waals surface area contributed by atoms with Crippen LogP contribution in [-0.2, 0) is 6.54 Å². The van der Waals surface area contributed by atoms with Gasteiger partial charge in [0.25, 0.3) is 0 Å². The van der Waals surface area contributed by atoms with Gasteiger partial charge in [0, 0.05) is 17.4 Å². The van der Waals surface area contributed by atoms with Crippen molar-refractivity contribution >= 4 is 16.9 Å². The number of aliphatic imine (C=N–C) groups is 1. The summed E-state index contributed by atoms with van der Waals surface area (Å²) in [6.45, 7) is 5.02. The van der Waals surface area contributed by atoms with Crippen molar-refractivity contribution < 1.29 is 4.52 Å². The molecule has 1 aliphatic rings. The molecule has 0 radical (unpaired) electrons. The van der Waals surface area contributed by atoms with Crippen molar-refractivity contribution in [3.05, 3.63) is 18.0 Å². The minimum atomic E-state index is 0.200. The summed E-state index contributed by atoms with van der Waals surface area (Å²) < 4.78 is 5.01. The zero-order valence-corrected chi connectivity index (χ0v) is 10.5. The van der Waals surface area contributed by atoms with Crippen molar-refractivity contribution in [1.29, 1.82) is 0 Å². The zero-order chi connectivity index (χ0) is 11.4. The Morgan fingerprint density at radius 2 is 2.56 bits per heavy atom. The molecule has 1 saturated heterocycles. The number of thioether (sulfide) groups is 1. The van der Waals surface area contributed by atoms with Crippen LogP contribution >= 0.6 is 11.8 Å². The van der Waals surface area contributed by atoms with Gasteiger partial charge in [0.1, 0.15) is 6.54 Å². The number of hydrogen-bond acceptors (Lipinski definition) is 4. The van der Waals surface area contributed by atoms with E-state index < -0.39 is 0 Å². The Kier molecular flexibility index (Phi) is 3.53. The smallest absolute Gasteiger partial charge is 0.158 e. The molecule has 0 aromatic carbocycles. The monoisotopic (exact) mass is 239 g/mol. The van der Waals surface area contributed by atoms with Crippen LogP contribution in [-0.4, -0.2) is 21.6 Å². The normalized spacial score (nSPS) is 28.0. The summed E-state index contributed by atoms with van der Waals surface area (Å²) in [4.78, 5) is 4.50. The van der Waals surface area contributed by atoms with Gasteiger partial charge in [-0.05, 0) is 19.8 Å². The van der Waals surface area contributed by atoms with Crippen molar-refractivity contribution in [3.63, 3.8) is 0 Å². The lowest BCUT2D eigenvalue weighted by Crippen LogP contribution is -2.48. The molecular weight excluding hydrogens is 222 g/mol. The molecule has 1 aromatic heterocycles. The van der Waals surface area contributed by atoms with Crippen LogP contribution in [0.5, 0.6) is 0 Å². The summed E-state index contributed by atoms with van der Waals surface area (Å²) in [6, 6.07) is 1.84. The molecule has 1 aromatic rings. The van der Waals surface area contributed by atoms with E-state index in [-0.39, 0.29) is 5.54 Å². The fraction of sp³-hybridized carbons (Fsp3) is 0.636. The maximum atomic E-state index is 5.01. The number of nitrogens with one attached hydrogen (secondary N) is 1. The first-order valence-electron chi connectivity index (χ1n) is 5.57. The van der Waals surface area contributed by atoms with Crippen LogP contribution in [0.4, 0.5) is 0 Å². The SMILES string of the molecule is CCC1(C)CCSC(=NCc2ccno2)N1. The van der Waals surface area contributed by atoms with Gasteiger partial charge in [-0.25, -0.2) is 0 Å². The maximum absolute atomic E-state index is 5.01. The Morgan fingerprint density at radius 1 is 1.69 bits per heavy atom. The standard InChI is InChI=1S/C11H17N3OS/c1-3-11(2)5-7-16-10(14-11)12-8-9-4-6-13-15-9/h4,6H,3,5,7-8H2,1-2H3,(H,12,14). The van der Waals surface area contributed by atoms with Gasteiger partial charge in [-0.3, -0.25) is 4.99 Å². The Labute approximate surface area is 99.9 Å². The summed E-state index contributed by atoms with van der Waals surface area (Å²) in [5, 5.41) is 8.17. The van der Waals surface area contributed by atoms with Crippen LogP contribution in [0.2, 0.25) is 0 Å². The van der Waals surface area contributed by atoms with Gasteiger partial charge in [-0.1, -0.05) is 23.8 Å². The number of amidine groups is 1. The molecule has 1 atom stereocenters. The van der Waals surface area contributed by atoms with Crippen LogP contribution < -0.4 is 5.32 Å². The van der Waals surface area contributed by atoms with Gasteiger partial charge in [0.05, 0.1) is 6.20 Å². The summed E-state index contributed by atoms with van der Waals surface area (Å²) >= 11 is 1.78. The maximum Gasteiger partial charge on any atom is 0.158 e. The molecule has 0 spiro atoms. The first-order valence-corrected chi connectivity index (χ1v) is 6.55. The lowest BCUT2D eigenvalue weighted by molar-refractivity contribution is 0.380. The highest BCUT2D eigenvalue weighted by atomic mass is 32.2. The Balaban J connectivity index is 1.96. The van der Waals surface area contributed by atoms with Gasteiger partial charge in [-0.2, -0.15) is 0 Å². The highest BCUT2D eigenvalue weighted by Gasteiger charge is 2.27. The summed E-state index contributed by atoms with van der Waals surface area (Å²) in [6.07, 6.45) is 3.96. The molecule has 4 nitrogen and oxygen atoms in total. The number of nitrogens with zero attached hydrogens (tertiary/aromatic N) is 2. The lowest BCUT2D eigenvalue weighted by Gasteiger charge is -2.35. The number of aromatic nitrogens is 1. The fourth-order valence-corrected chi connectivity index (χ4v) is 2.77. The molecule has 2 heterocycles. The molecule has 16 heavy (non-hydrogen) atoms. The van der Waals surface area contributed by atoms with Crippen LogP contribution in [0.3, 0.4) is 0 Å². The van der Waals surface area contributed by atoms with Crippen molar-refractivity contribution in [3.8, 4) is 0 Å². The molecule has 2 rings (SSSR count). The van der Waals surface area contributed by atoms with E-state index in [2.05, 4.69) is 29.3 Å². The van der Waals surface area contributed by atoms with E-state index in [0.717, 1.165) is 23.1 Å². The third-order valence-corrected chi connectivity index (χ3v) is 3.86. The first kappa shape index (κ1) is 11.5. The minimum absolute atomic E-state index is 0.200. The van der Waals surface area contributed by atoms with Gasteiger partial charge in [0.15, 0.2) is 10.9 Å². The minimum Gasteiger partial charge on any atom is -0.360 e. The van der Waals surface area contributed by atoms with E-state index in [4.69, 9.17) is 4.52 Å². The molecule has 0 aliphatic carbocycles. The molecule has 5 heteroatoms. The van der Waals surface area contributed by atoms with Crippen LogP contribution in [0.15, 0.2) is 21.8 Å². The predicted octanol–water partition coefficient (Wildman–Crippen LogP) is 2.43. The molecular formula is C11H17N3OS. The lowest BCUT2D eigenvalue weighted by atomic mass is 9.96. The van der Waals surface area contributed by atoms with Gasteiger partial charge >= 0.3 is 0 Å². The second-order valence-corrected chi connectivity index (χ2v) is 5.32. The molecule has 88 valence electrons. The zero-order valence-electron chi connectivity index (χ0n) is 9.69. The highest BCUT2D eigenvalue weighted by Crippen LogP contribution is 2.25. The van der Waals surface area contributed by atoms with Gasteiger partial charge in [0.2, 0.25) is 0 Å². The third-order valence-electron chi connectivity index (χ3n) is 2.95. The van der Waals surface area contributed by atoms with E-state index in [1.165, 1.54) is 6.42 Å². The summed E-state index contributed by atoms with van der Waals surface area (Å²) in [5.41, 5.74) is 0.200. The van der Waals surface area contributed by atoms with E-state index in [1.807, 2.05) is 6.07 Å². The quantitative estimate of drug-likeness (QED) is 0.880. The molecule has 0 bridgehead atoms. The van der Waals surface area contributed by atoms with Crippen molar-refractivity contribution in [2.75, 3.05) is 5.75 Å². The first-order chi connectivity index (χ1) is 7.72. The molecule has 1 aliphatic heterocycles.